The van der Waals surface area contributed by atoms with Gasteiger partial charge in [0.25, 0.3) is 0 Å². The Labute approximate surface area is 104 Å². The molecule has 102 valence electrons. The van der Waals surface area contributed by atoms with Crippen LogP contribution in [0.5, 0.6) is 0 Å². The topological polar surface area (TPSA) is 26.3 Å². The summed E-state index contributed by atoms with van der Waals surface area (Å²) in [6.07, 6.45) is -2.64. The summed E-state index contributed by atoms with van der Waals surface area (Å²) < 4.78 is 41.7. The van der Waals surface area contributed by atoms with Crippen LogP contribution < -0.4 is 0 Å². The van der Waals surface area contributed by atoms with Gasteiger partial charge >= 0.3 is 12.1 Å². The Bertz CT molecular complexity index is 219. The molecule has 0 bridgehead atoms. The Morgan fingerprint density at radius 1 is 1.24 bits per heavy atom. The minimum atomic E-state index is -4.51. The van der Waals surface area contributed by atoms with Gasteiger partial charge in [-0.1, -0.05) is 32.6 Å². The predicted molar refractivity (Wildman–Crippen MR) is 60.0 cm³/mol. The predicted octanol–water partition coefficient (Wildman–Crippen LogP) is 4.06. The van der Waals surface area contributed by atoms with Crippen LogP contribution in [0.15, 0.2) is 0 Å². The van der Waals surface area contributed by atoms with Crippen molar-refractivity contribution in [3.05, 3.63) is 0 Å². The Balaban J connectivity index is 3.99. The third kappa shape index (κ3) is 8.30. The van der Waals surface area contributed by atoms with Crippen molar-refractivity contribution >= 4 is 17.6 Å². The monoisotopic (exact) mass is 274 g/mol. The summed E-state index contributed by atoms with van der Waals surface area (Å²) in [5.41, 5.74) is 0. The second kappa shape index (κ2) is 8.61. The number of rotatable bonds is 8. The molecule has 0 N–H and O–H groups in total. The highest BCUT2D eigenvalue weighted by Gasteiger charge is 2.42. The molecular formula is C11H18ClF3O2. The van der Waals surface area contributed by atoms with Gasteiger partial charge in [-0.15, -0.1) is 11.6 Å². The molecule has 0 aromatic rings. The molecule has 0 aliphatic rings. The highest BCUT2D eigenvalue weighted by atomic mass is 35.5. The Morgan fingerprint density at radius 2 is 1.82 bits per heavy atom. The summed E-state index contributed by atoms with van der Waals surface area (Å²) in [4.78, 5) is 10.7. The van der Waals surface area contributed by atoms with Crippen molar-refractivity contribution < 1.29 is 22.7 Å². The number of esters is 1. The highest BCUT2D eigenvalue weighted by molar-refractivity contribution is 6.26. The van der Waals surface area contributed by atoms with Gasteiger partial charge < -0.3 is 4.74 Å². The number of carbonyl (C=O) groups is 1. The molecule has 0 heterocycles. The lowest BCUT2D eigenvalue weighted by Crippen LogP contribution is -2.34. The van der Waals surface area contributed by atoms with E-state index in [1.165, 1.54) is 0 Å². The zero-order valence-corrected chi connectivity index (χ0v) is 10.6. The van der Waals surface area contributed by atoms with Crippen LogP contribution in [0.2, 0.25) is 0 Å². The molecule has 0 spiro atoms. The van der Waals surface area contributed by atoms with E-state index in [-0.39, 0.29) is 6.42 Å². The molecule has 0 saturated heterocycles. The summed E-state index contributed by atoms with van der Waals surface area (Å²) >= 11 is 5.11. The van der Waals surface area contributed by atoms with Crippen molar-refractivity contribution in [2.24, 2.45) is 0 Å². The number of hydrogen-bond acceptors (Lipinski definition) is 2. The van der Waals surface area contributed by atoms with Crippen molar-refractivity contribution in [3.8, 4) is 0 Å². The van der Waals surface area contributed by atoms with E-state index in [0.717, 1.165) is 25.7 Å². The van der Waals surface area contributed by atoms with Crippen LogP contribution in [-0.2, 0) is 9.53 Å². The van der Waals surface area contributed by atoms with Gasteiger partial charge in [0.1, 0.15) is 5.88 Å². The molecule has 0 aliphatic heterocycles. The molecular weight excluding hydrogens is 257 g/mol. The van der Waals surface area contributed by atoms with Gasteiger partial charge in [-0.2, -0.15) is 13.2 Å². The molecule has 0 aromatic heterocycles. The molecule has 1 unspecified atom stereocenters. The van der Waals surface area contributed by atoms with E-state index in [2.05, 4.69) is 4.74 Å². The number of unbranched alkanes of at least 4 members (excludes halogenated alkanes) is 4. The first-order valence-corrected chi connectivity index (χ1v) is 6.27. The van der Waals surface area contributed by atoms with E-state index in [0.29, 0.717) is 6.42 Å². The lowest BCUT2D eigenvalue weighted by molar-refractivity contribution is -0.221. The number of alkyl halides is 4. The quantitative estimate of drug-likeness (QED) is 0.379. The Morgan fingerprint density at radius 3 is 2.29 bits per heavy atom. The summed E-state index contributed by atoms with van der Waals surface area (Å²) in [5.74, 6) is -1.58. The van der Waals surface area contributed by atoms with Crippen molar-refractivity contribution in [2.75, 3.05) is 5.88 Å². The first-order chi connectivity index (χ1) is 7.91. The van der Waals surface area contributed by atoms with Gasteiger partial charge in [0, 0.05) is 0 Å². The average molecular weight is 275 g/mol. The van der Waals surface area contributed by atoms with Crippen LogP contribution in [0.25, 0.3) is 0 Å². The lowest BCUT2D eigenvalue weighted by Gasteiger charge is -2.20. The molecule has 0 aliphatic carbocycles. The zero-order valence-electron chi connectivity index (χ0n) is 9.86. The van der Waals surface area contributed by atoms with Gasteiger partial charge in [0.15, 0.2) is 6.10 Å². The van der Waals surface area contributed by atoms with E-state index < -0.39 is 24.1 Å². The van der Waals surface area contributed by atoms with E-state index >= 15 is 0 Å². The SMILES string of the molecule is CCCCCCCC(OC(=O)CCl)C(F)(F)F. The number of hydrogen-bond donors (Lipinski definition) is 0. The van der Waals surface area contributed by atoms with Gasteiger partial charge in [-0.05, 0) is 12.8 Å². The number of carbonyl (C=O) groups excluding carboxylic acids is 1. The molecule has 0 aromatic carbocycles. The number of ether oxygens (including phenoxy) is 1. The molecule has 0 rings (SSSR count). The zero-order chi connectivity index (χ0) is 13.3. The van der Waals surface area contributed by atoms with Gasteiger partial charge in [0.05, 0.1) is 0 Å². The first kappa shape index (κ1) is 16.6. The second-order valence-corrected chi connectivity index (χ2v) is 4.12. The molecule has 17 heavy (non-hydrogen) atoms. The minimum absolute atomic E-state index is 0.185. The van der Waals surface area contributed by atoms with Crippen molar-refractivity contribution in [1.29, 1.82) is 0 Å². The second-order valence-electron chi connectivity index (χ2n) is 3.86. The lowest BCUT2D eigenvalue weighted by atomic mass is 10.1. The normalized spacial score (nSPS) is 13.5. The van der Waals surface area contributed by atoms with Gasteiger partial charge in [-0.25, -0.2) is 0 Å². The maximum absolute atomic E-state index is 12.5. The first-order valence-electron chi connectivity index (χ1n) is 5.74. The fourth-order valence-corrected chi connectivity index (χ4v) is 1.48. The molecule has 6 heteroatoms. The Hall–Kier alpha value is -0.450. The van der Waals surface area contributed by atoms with E-state index in [1.807, 2.05) is 6.92 Å². The van der Waals surface area contributed by atoms with Crippen LogP contribution >= 0.6 is 11.6 Å². The van der Waals surface area contributed by atoms with E-state index in [9.17, 15) is 18.0 Å². The highest BCUT2D eigenvalue weighted by Crippen LogP contribution is 2.27. The fraction of sp³-hybridized carbons (Fsp3) is 0.909. The number of halogens is 4. The molecule has 1 atom stereocenters. The van der Waals surface area contributed by atoms with Crippen LogP contribution in [0.3, 0.4) is 0 Å². The molecule has 0 fully saturated rings. The van der Waals surface area contributed by atoms with Crippen molar-refractivity contribution in [1.82, 2.24) is 0 Å². The van der Waals surface area contributed by atoms with E-state index in [4.69, 9.17) is 11.6 Å². The largest absolute Gasteiger partial charge is 0.452 e. The maximum Gasteiger partial charge on any atom is 0.425 e. The Kier molecular flexibility index (Phi) is 8.39. The van der Waals surface area contributed by atoms with Crippen LogP contribution in [0, 0.1) is 0 Å². The third-order valence-electron chi connectivity index (χ3n) is 2.32. The standard InChI is InChI=1S/C11H18ClF3O2/c1-2-3-4-5-6-7-9(11(13,14)15)17-10(16)8-12/h9H,2-8H2,1H3. The average Bonchev–Trinajstić information content (AvgIpc) is 2.25. The molecule has 0 radical (unpaired) electrons. The van der Waals surface area contributed by atoms with Crippen LogP contribution in [0.1, 0.15) is 45.4 Å². The molecule has 0 amide bonds. The summed E-state index contributed by atoms with van der Waals surface area (Å²) in [5, 5.41) is 0. The third-order valence-corrected chi connectivity index (χ3v) is 2.54. The summed E-state index contributed by atoms with van der Waals surface area (Å²) in [6, 6.07) is 0. The molecule has 0 saturated carbocycles. The summed E-state index contributed by atoms with van der Waals surface area (Å²) in [6.45, 7) is 2.03. The summed E-state index contributed by atoms with van der Waals surface area (Å²) in [7, 11) is 0. The van der Waals surface area contributed by atoms with Crippen molar-refractivity contribution in [3.63, 3.8) is 0 Å². The maximum atomic E-state index is 12.5. The van der Waals surface area contributed by atoms with Crippen LogP contribution in [-0.4, -0.2) is 24.1 Å². The minimum Gasteiger partial charge on any atom is -0.452 e. The van der Waals surface area contributed by atoms with Crippen molar-refractivity contribution in [2.45, 2.75) is 57.7 Å². The van der Waals surface area contributed by atoms with E-state index in [1.54, 1.807) is 0 Å². The fourth-order valence-electron chi connectivity index (χ4n) is 1.41. The molecule has 2 nitrogen and oxygen atoms in total. The van der Waals surface area contributed by atoms with Crippen LogP contribution in [0.4, 0.5) is 13.2 Å². The van der Waals surface area contributed by atoms with Gasteiger partial charge in [-0.3, -0.25) is 4.79 Å². The smallest absolute Gasteiger partial charge is 0.425 e. The van der Waals surface area contributed by atoms with Gasteiger partial charge in [0.2, 0.25) is 0 Å².